The molecular formula is C25H17N3. The quantitative estimate of drug-likeness (QED) is 0.367. The Morgan fingerprint density at radius 3 is 2.50 bits per heavy atom. The number of pyridine rings is 2. The molecule has 0 saturated carbocycles. The summed E-state index contributed by atoms with van der Waals surface area (Å²) >= 11 is 0. The van der Waals surface area contributed by atoms with Gasteiger partial charge in [0, 0.05) is 30.8 Å². The molecular weight excluding hydrogens is 342 g/mol. The molecule has 7 rings (SSSR count). The number of aromatic nitrogens is 2. The molecule has 0 amide bonds. The van der Waals surface area contributed by atoms with Gasteiger partial charge in [0.15, 0.2) is 0 Å². The fourth-order valence-corrected chi connectivity index (χ4v) is 5.24. The van der Waals surface area contributed by atoms with Crippen LogP contribution in [0.25, 0.3) is 11.1 Å². The highest BCUT2D eigenvalue weighted by molar-refractivity contribution is 5.98. The molecule has 0 saturated heterocycles. The van der Waals surface area contributed by atoms with Crippen molar-refractivity contribution in [3.8, 4) is 11.1 Å². The van der Waals surface area contributed by atoms with Crippen LogP contribution < -0.4 is 4.90 Å². The Hall–Kier alpha value is -3.46. The van der Waals surface area contributed by atoms with E-state index in [2.05, 4.69) is 58.4 Å². The highest BCUT2D eigenvalue weighted by Crippen LogP contribution is 2.55. The van der Waals surface area contributed by atoms with Crippen molar-refractivity contribution in [2.24, 2.45) is 0 Å². The van der Waals surface area contributed by atoms with Gasteiger partial charge in [-0.3, -0.25) is 9.97 Å². The van der Waals surface area contributed by atoms with Crippen LogP contribution in [0.2, 0.25) is 0 Å². The number of benzene rings is 2. The Bertz CT molecular complexity index is 1290. The molecule has 132 valence electrons. The molecule has 0 radical (unpaired) electrons. The van der Waals surface area contributed by atoms with Crippen molar-refractivity contribution in [2.75, 3.05) is 4.90 Å². The second-order valence-corrected chi connectivity index (χ2v) is 7.90. The predicted molar refractivity (Wildman–Crippen MR) is 111 cm³/mol. The molecule has 0 spiro atoms. The van der Waals surface area contributed by atoms with Crippen LogP contribution in [0.5, 0.6) is 0 Å². The molecule has 2 aromatic heterocycles. The lowest BCUT2D eigenvalue weighted by molar-refractivity contribution is 0.953. The first kappa shape index (κ1) is 14.6. The fourth-order valence-electron chi connectivity index (χ4n) is 5.24. The van der Waals surface area contributed by atoms with E-state index in [0.29, 0.717) is 0 Å². The van der Waals surface area contributed by atoms with Crippen LogP contribution in [0.15, 0.2) is 67.1 Å². The zero-order valence-electron chi connectivity index (χ0n) is 15.3. The van der Waals surface area contributed by atoms with Gasteiger partial charge >= 0.3 is 0 Å². The van der Waals surface area contributed by atoms with Gasteiger partial charge in [-0.15, -0.1) is 0 Å². The summed E-state index contributed by atoms with van der Waals surface area (Å²) in [6, 6.07) is 17.8. The Morgan fingerprint density at radius 2 is 1.50 bits per heavy atom. The Kier molecular flexibility index (Phi) is 2.64. The van der Waals surface area contributed by atoms with E-state index >= 15 is 0 Å². The van der Waals surface area contributed by atoms with E-state index in [9.17, 15) is 0 Å². The first-order valence-electron chi connectivity index (χ1n) is 9.81. The second kappa shape index (κ2) is 5.08. The highest BCUT2D eigenvalue weighted by atomic mass is 15.2. The molecule has 0 atom stereocenters. The summed E-state index contributed by atoms with van der Waals surface area (Å²) in [5.41, 5.74) is 14.6. The third-order valence-corrected chi connectivity index (χ3v) is 6.41. The molecule has 2 aliphatic heterocycles. The summed E-state index contributed by atoms with van der Waals surface area (Å²) in [7, 11) is 0. The number of nitrogens with zero attached hydrogens (tertiary/aromatic N) is 3. The number of anilines is 3. The molecule has 1 aliphatic carbocycles. The Balaban J connectivity index is 1.60. The number of hydrogen-bond donors (Lipinski definition) is 0. The van der Waals surface area contributed by atoms with Crippen LogP contribution >= 0.6 is 0 Å². The Labute approximate surface area is 163 Å². The molecule has 0 fully saturated rings. The summed E-state index contributed by atoms with van der Waals surface area (Å²) < 4.78 is 0. The SMILES string of the molecule is c1ccc2c(c1)Cc1ccc3c(c1-2)N1c2cnccc2Cc2nccc(c21)C3. The monoisotopic (exact) mass is 359 g/mol. The van der Waals surface area contributed by atoms with E-state index in [1.165, 1.54) is 61.7 Å². The standard InChI is InChI=1S/C25H17N3/c1-2-4-20-15(3-1)11-17-5-6-18-12-19-8-10-27-21-13-16-7-9-26-14-22(16)28(24(19)21)25(18)23(17)20/h1-10,14H,11-13H2. The smallest absolute Gasteiger partial charge is 0.0717 e. The lowest BCUT2D eigenvalue weighted by Gasteiger charge is -2.39. The van der Waals surface area contributed by atoms with E-state index < -0.39 is 0 Å². The summed E-state index contributed by atoms with van der Waals surface area (Å²) in [6.07, 6.45) is 8.72. The first-order chi connectivity index (χ1) is 13.9. The normalized spacial score (nSPS) is 14.6. The van der Waals surface area contributed by atoms with Crippen molar-refractivity contribution in [1.29, 1.82) is 0 Å². The summed E-state index contributed by atoms with van der Waals surface area (Å²) in [5, 5.41) is 0. The van der Waals surface area contributed by atoms with Crippen LogP contribution in [0.4, 0.5) is 17.1 Å². The molecule has 0 N–H and O–H groups in total. The topological polar surface area (TPSA) is 29.0 Å². The van der Waals surface area contributed by atoms with Crippen molar-refractivity contribution in [3.05, 3.63) is 101 Å². The first-order valence-corrected chi connectivity index (χ1v) is 9.81. The van der Waals surface area contributed by atoms with Gasteiger partial charge in [0.25, 0.3) is 0 Å². The number of fused-ring (bicyclic) bond motifs is 8. The second-order valence-electron chi connectivity index (χ2n) is 7.90. The highest BCUT2D eigenvalue weighted by Gasteiger charge is 2.36. The van der Waals surface area contributed by atoms with Crippen LogP contribution in [-0.4, -0.2) is 9.97 Å². The molecule has 0 unspecified atom stereocenters. The van der Waals surface area contributed by atoms with Gasteiger partial charge in [0.1, 0.15) is 0 Å². The number of hydrogen-bond acceptors (Lipinski definition) is 3. The van der Waals surface area contributed by atoms with E-state index in [1.807, 2.05) is 18.6 Å². The minimum Gasteiger partial charge on any atom is -0.306 e. The van der Waals surface area contributed by atoms with Crippen LogP contribution in [0.3, 0.4) is 0 Å². The van der Waals surface area contributed by atoms with Gasteiger partial charge in [0.05, 0.1) is 29.0 Å². The largest absolute Gasteiger partial charge is 0.306 e. The van der Waals surface area contributed by atoms with Crippen LogP contribution in [0, 0.1) is 0 Å². The van der Waals surface area contributed by atoms with E-state index in [-0.39, 0.29) is 0 Å². The molecule has 0 bridgehead atoms. The maximum absolute atomic E-state index is 4.76. The average Bonchev–Trinajstić information content (AvgIpc) is 3.12. The molecule has 4 aromatic rings. The molecule has 2 aromatic carbocycles. The van der Waals surface area contributed by atoms with Crippen LogP contribution in [-0.2, 0) is 19.3 Å². The van der Waals surface area contributed by atoms with Gasteiger partial charge in [0.2, 0.25) is 0 Å². The van der Waals surface area contributed by atoms with Crippen molar-refractivity contribution < 1.29 is 0 Å². The third-order valence-electron chi connectivity index (χ3n) is 6.41. The van der Waals surface area contributed by atoms with Gasteiger partial charge in [-0.1, -0.05) is 36.4 Å². The van der Waals surface area contributed by atoms with Crippen molar-refractivity contribution >= 4 is 17.1 Å². The molecule has 3 heteroatoms. The molecule has 28 heavy (non-hydrogen) atoms. The van der Waals surface area contributed by atoms with Gasteiger partial charge in [-0.25, -0.2) is 0 Å². The summed E-state index contributed by atoms with van der Waals surface area (Å²) in [4.78, 5) is 11.7. The van der Waals surface area contributed by atoms with Gasteiger partial charge in [-0.2, -0.15) is 0 Å². The van der Waals surface area contributed by atoms with E-state index in [0.717, 1.165) is 19.3 Å². The van der Waals surface area contributed by atoms with Gasteiger partial charge < -0.3 is 4.90 Å². The average molecular weight is 359 g/mol. The lowest BCUT2D eigenvalue weighted by atomic mass is 9.86. The minimum absolute atomic E-state index is 0.873. The zero-order valence-corrected chi connectivity index (χ0v) is 15.3. The zero-order chi connectivity index (χ0) is 18.2. The summed E-state index contributed by atoms with van der Waals surface area (Å²) in [6.45, 7) is 0. The van der Waals surface area contributed by atoms with Crippen molar-refractivity contribution in [2.45, 2.75) is 19.3 Å². The predicted octanol–water partition coefficient (Wildman–Crippen LogP) is 5.33. The maximum atomic E-state index is 4.76. The van der Waals surface area contributed by atoms with Gasteiger partial charge in [-0.05, 0) is 51.9 Å². The van der Waals surface area contributed by atoms with Crippen molar-refractivity contribution in [3.63, 3.8) is 0 Å². The Morgan fingerprint density at radius 1 is 0.679 bits per heavy atom. The lowest BCUT2D eigenvalue weighted by Crippen LogP contribution is -2.26. The van der Waals surface area contributed by atoms with E-state index in [1.54, 1.807) is 0 Å². The molecule has 4 heterocycles. The van der Waals surface area contributed by atoms with E-state index in [4.69, 9.17) is 4.98 Å². The number of rotatable bonds is 0. The molecule has 3 nitrogen and oxygen atoms in total. The van der Waals surface area contributed by atoms with Crippen molar-refractivity contribution in [1.82, 2.24) is 9.97 Å². The fraction of sp³-hybridized carbons (Fsp3) is 0.120. The van der Waals surface area contributed by atoms with Crippen LogP contribution in [0.1, 0.15) is 33.5 Å². The minimum atomic E-state index is 0.873. The molecule has 3 aliphatic rings. The third kappa shape index (κ3) is 1.74. The maximum Gasteiger partial charge on any atom is 0.0717 e. The summed E-state index contributed by atoms with van der Waals surface area (Å²) in [5.74, 6) is 0.